The van der Waals surface area contributed by atoms with Crippen LogP contribution in [0.4, 0.5) is 0 Å². The molecule has 2 heterocycles. The Labute approximate surface area is 131 Å². The zero-order valence-corrected chi connectivity index (χ0v) is 13.2. The van der Waals surface area contributed by atoms with E-state index in [0.29, 0.717) is 15.6 Å². The molecule has 0 radical (unpaired) electrons. The highest BCUT2D eigenvalue weighted by molar-refractivity contribution is 7.99. The molecule has 0 aliphatic carbocycles. The second-order valence-electron chi connectivity index (χ2n) is 4.61. The molecule has 106 valence electrons. The number of aromatic nitrogens is 2. The summed E-state index contributed by atoms with van der Waals surface area (Å²) < 4.78 is 2.39. The third-order valence-electron chi connectivity index (χ3n) is 3.04. The molecule has 0 saturated carbocycles. The van der Waals surface area contributed by atoms with Crippen molar-refractivity contribution in [3.8, 4) is 5.69 Å². The lowest BCUT2D eigenvalue weighted by molar-refractivity contribution is 0.822. The van der Waals surface area contributed by atoms with Gasteiger partial charge in [-0.25, -0.2) is 4.98 Å². The molecule has 0 amide bonds. The first kappa shape index (κ1) is 14.1. The van der Waals surface area contributed by atoms with Crippen molar-refractivity contribution >= 4 is 33.3 Å². The summed E-state index contributed by atoms with van der Waals surface area (Å²) in [5, 5.41) is 2.61. The maximum Gasteiger partial charge on any atom is 0.276 e. The van der Waals surface area contributed by atoms with Gasteiger partial charge in [0.25, 0.3) is 5.56 Å². The van der Waals surface area contributed by atoms with Gasteiger partial charge in [0.1, 0.15) is 4.70 Å². The zero-order chi connectivity index (χ0) is 14.8. The average Bonchev–Trinajstić information content (AvgIpc) is 2.94. The average molecular weight is 314 g/mol. The molecule has 0 bridgehead atoms. The molecule has 0 aliphatic heterocycles. The minimum absolute atomic E-state index is 0.00726. The van der Waals surface area contributed by atoms with Gasteiger partial charge in [0.05, 0.1) is 11.2 Å². The van der Waals surface area contributed by atoms with E-state index in [1.165, 1.54) is 23.1 Å². The van der Waals surface area contributed by atoms with E-state index in [4.69, 9.17) is 0 Å². The van der Waals surface area contributed by atoms with Crippen molar-refractivity contribution in [2.45, 2.75) is 12.1 Å². The molecule has 3 nitrogen and oxygen atoms in total. The fourth-order valence-corrected chi connectivity index (χ4v) is 3.62. The van der Waals surface area contributed by atoms with E-state index in [2.05, 4.69) is 11.6 Å². The van der Waals surface area contributed by atoms with Gasteiger partial charge in [-0.2, -0.15) is 0 Å². The Bertz CT molecular complexity index is 864. The highest BCUT2D eigenvalue weighted by Gasteiger charge is 2.13. The molecule has 0 N–H and O–H groups in total. The van der Waals surface area contributed by atoms with E-state index < -0.39 is 0 Å². The van der Waals surface area contributed by atoms with E-state index in [1.54, 1.807) is 4.57 Å². The van der Waals surface area contributed by atoms with E-state index in [0.717, 1.165) is 16.8 Å². The van der Waals surface area contributed by atoms with Crippen LogP contribution in [0.5, 0.6) is 0 Å². The normalized spacial score (nSPS) is 10.9. The predicted molar refractivity (Wildman–Crippen MR) is 90.9 cm³/mol. The van der Waals surface area contributed by atoms with Crippen LogP contribution in [-0.4, -0.2) is 15.3 Å². The zero-order valence-electron chi connectivity index (χ0n) is 11.6. The van der Waals surface area contributed by atoms with Crippen molar-refractivity contribution < 1.29 is 0 Å². The lowest BCUT2D eigenvalue weighted by atomic mass is 10.2. The first-order chi connectivity index (χ1) is 10.2. The minimum atomic E-state index is -0.00726. The first-order valence-corrected chi connectivity index (χ1v) is 8.38. The fraction of sp³-hybridized carbons (Fsp3) is 0.125. The Hall–Kier alpha value is -1.85. The molecule has 3 rings (SSSR count). The number of fused-ring (bicyclic) bond motifs is 1. The Balaban J connectivity index is 2.29. The third-order valence-corrected chi connectivity index (χ3v) is 4.87. The largest absolute Gasteiger partial charge is 0.276 e. The number of thioether (sulfide) groups is 1. The topological polar surface area (TPSA) is 34.9 Å². The van der Waals surface area contributed by atoms with Gasteiger partial charge in [0.15, 0.2) is 5.16 Å². The smallest absolute Gasteiger partial charge is 0.267 e. The van der Waals surface area contributed by atoms with Crippen LogP contribution < -0.4 is 5.56 Å². The van der Waals surface area contributed by atoms with Crippen LogP contribution >= 0.6 is 23.1 Å². The molecule has 2 aromatic heterocycles. The molecule has 3 aromatic rings. The van der Waals surface area contributed by atoms with Crippen LogP contribution in [0, 0.1) is 6.92 Å². The van der Waals surface area contributed by atoms with Crippen LogP contribution in [0.3, 0.4) is 0 Å². The van der Waals surface area contributed by atoms with E-state index >= 15 is 0 Å². The van der Waals surface area contributed by atoms with Gasteiger partial charge in [-0.05, 0) is 36.1 Å². The van der Waals surface area contributed by atoms with Gasteiger partial charge < -0.3 is 0 Å². The summed E-state index contributed by atoms with van der Waals surface area (Å²) in [6.45, 7) is 5.75. The molecule has 0 aliphatic rings. The number of aryl methyl sites for hydroxylation is 1. The highest BCUT2D eigenvalue weighted by Crippen LogP contribution is 2.23. The summed E-state index contributed by atoms with van der Waals surface area (Å²) >= 11 is 2.95. The monoisotopic (exact) mass is 314 g/mol. The SMILES string of the molecule is C=CCSc1nc2ccsc2c(=O)n1-c1cccc(C)c1. The number of benzene rings is 1. The molecular formula is C16H14N2OS2. The summed E-state index contributed by atoms with van der Waals surface area (Å²) in [6, 6.07) is 9.80. The molecule has 21 heavy (non-hydrogen) atoms. The summed E-state index contributed by atoms with van der Waals surface area (Å²) in [4.78, 5) is 17.4. The van der Waals surface area contributed by atoms with Gasteiger partial charge >= 0.3 is 0 Å². The van der Waals surface area contributed by atoms with Crippen LogP contribution in [0.15, 0.2) is 58.3 Å². The van der Waals surface area contributed by atoms with E-state index in [1.807, 2.05) is 48.7 Å². The molecule has 0 unspecified atom stereocenters. The lowest BCUT2D eigenvalue weighted by Crippen LogP contribution is -2.20. The van der Waals surface area contributed by atoms with E-state index in [9.17, 15) is 4.79 Å². The second-order valence-corrected chi connectivity index (χ2v) is 6.51. The third kappa shape index (κ3) is 2.66. The van der Waals surface area contributed by atoms with Crippen molar-refractivity contribution in [1.29, 1.82) is 0 Å². The van der Waals surface area contributed by atoms with Crippen LogP contribution in [-0.2, 0) is 0 Å². The Morgan fingerprint density at radius 3 is 3.05 bits per heavy atom. The lowest BCUT2D eigenvalue weighted by Gasteiger charge is -2.11. The standard InChI is InChI=1S/C16H14N2OS2/c1-3-8-21-16-17-13-7-9-20-14(13)15(19)18(16)12-6-4-5-11(2)10-12/h3-7,9-10H,1,8H2,2H3. The Kier molecular flexibility index (Phi) is 3.94. The minimum Gasteiger partial charge on any atom is -0.267 e. The van der Waals surface area contributed by atoms with Gasteiger partial charge in [0.2, 0.25) is 0 Å². The van der Waals surface area contributed by atoms with Crippen LogP contribution in [0.2, 0.25) is 0 Å². The molecule has 0 atom stereocenters. The summed E-state index contributed by atoms with van der Waals surface area (Å²) in [5.41, 5.74) is 2.73. The number of hydrogen-bond donors (Lipinski definition) is 0. The molecule has 0 spiro atoms. The van der Waals surface area contributed by atoms with Crippen molar-refractivity contribution in [1.82, 2.24) is 9.55 Å². The molecule has 0 saturated heterocycles. The Morgan fingerprint density at radius 2 is 2.29 bits per heavy atom. The molecule has 5 heteroatoms. The van der Waals surface area contributed by atoms with Crippen molar-refractivity contribution in [2.75, 3.05) is 5.75 Å². The van der Waals surface area contributed by atoms with Crippen LogP contribution in [0.1, 0.15) is 5.56 Å². The summed E-state index contributed by atoms with van der Waals surface area (Å²) in [7, 11) is 0. The number of nitrogens with zero attached hydrogens (tertiary/aromatic N) is 2. The molecular weight excluding hydrogens is 300 g/mol. The number of rotatable bonds is 4. The highest BCUT2D eigenvalue weighted by atomic mass is 32.2. The summed E-state index contributed by atoms with van der Waals surface area (Å²) in [5.74, 6) is 0.716. The summed E-state index contributed by atoms with van der Waals surface area (Å²) in [6.07, 6.45) is 1.81. The molecule has 1 aromatic carbocycles. The van der Waals surface area contributed by atoms with Crippen LogP contribution in [0.25, 0.3) is 15.9 Å². The van der Waals surface area contributed by atoms with Gasteiger partial charge in [0, 0.05) is 5.75 Å². The maximum absolute atomic E-state index is 12.8. The predicted octanol–water partition coefficient (Wildman–Crippen LogP) is 4.03. The van der Waals surface area contributed by atoms with Gasteiger partial charge in [-0.3, -0.25) is 9.36 Å². The van der Waals surface area contributed by atoms with E-state index in [-0.39, 0.29) is 5.56 Å². The first-order valence-electron chi connectivity index (χ1n) is 6.51. The number of thiophene rings is 1. The quantitative estimate of drug-likeness (QED) is 0.414. The fourth-order valence-electron chi connectivity index (χ4n) is 2.12. The maximum atomic E-state index is 12.8. The number of hydrogen-bond acceptors (Lipinski definition) is 4. The van der Waals surface area contributed by atoms with Gasteiger partial charge in [-0.1, -0.05) is 30.0 Å². The second kappa shape index (κ2) is 5.87. The van der Waals surface area contributed by atoms with Crippen molar-refractivity contribution in [2.24, 2.45) is 0 Å². The van der Waals surface area contributed by atoms with Crippen molar-refractivity contribution in [3.63, 3.8) is 0 Å². The van der Waals surface area contributed by atoms with Gasteiger partial charge in [-0.15, -0.1) is 17.9 Å². The Morgan fingerprint density at radius 1 is 1.43 bits per heavy atom. The van der Waals surface area contributed by atoms with Crippen molar-refractivity contribution in [3.05, 3.63) is 64.3 Å². The molecule has 0 fully saturated rings.